The molecule has 6 nitrogen and oxygen atoms in total. The number of ether oxygens (including phenoxy) is 1. The Kier molecular flexibility index (Phi) is 5.97. The number of hydrogen-bond donors (Lipinski definition) is 3. The lowest BCUT2D eigenvalue weighted by Crippen LogP contribution is -2.20. The van der Waals surface area contributed by atoms with E-state index < -0.39 is 0 Å². The molecule has 0 aliphatic carbocycles. The van der Waals surface area contributed by atoms with Gasteiger partial charge in [-0.05, 0) is 61.4 Å². The first kappa shape index (κ1) is 20.1. The third-order valence-electron chi connectivity index (χ3n) is 4.63. The number of methoxy groups -OCH3 is 1. The second kappa shape index (κ2) is 8.60. The number of hydrogen-bond acceptors (Lipinski definition) is 6. The molecule has 3 rings (SSSR count). The molecule has 0 amide bonds. The first-order valence-corrected chi connectivity index (χ1v) is 9.15. The highest BCUT2D eigenvalue weighted by molar-refractivity contribution is 5.83. The summed E-state index contributed by atoms with van der Waals surface area (Å²) in [5.41, 5.74) is 17.3. The Morgan fingerprint density at radius 3 is 2.41 bits per heavy atom. The highest BCUT2D eigenvalue weighted by Crippen LogP contribution is 2.35. The molecule has 0 aliphatic rings. The van der Waals surface area contributed by atoms with E-state index in [9.17, 15) is 4.39 Å². The van der Waals surface area contributed by atoms with Crippen molar-refractivity contribution in [2.24, 2.45) is 5.73 Å². The Hall–Kier alpha value is -3.61. The molecule has 1 aromatic heterocycles. The van der Waals surface area contributed by atoms with Crippen LogP contribution in [0.25, 0.3) is 16.8 Å². The fourth-order valence-electron chi connectivity index (χ4n) is 2.99. The van der Waals surface area contributed by atoms with Crippen molar-refractivity contribution >= 4 is 11.4 Å². The van der Waals surface area contributed by atoms with Crippen molar-refractivity contribution in [1.82, 2.24) is 15.5 Å². The average molecular weight is 393 g/mol. The lowest BCUT2D eigenvalue weighted by molar-refractivity contribution is 0.417. The molecule has 0 unspecified atom stereocenters. The molecule has 0 spiro atoms. The Morgan fingerprint density at radius 2 is 1.83 bits per heavy atom. The van der Waals surface area contributed by atoms with Gasteiger partial charge >= 0.3 is 0 Å². The number of nitrogen functional groups attached to an aromatic ring is 1. The maximum absolute atomic E-state index is 13.3. The predicted molar refractivity (Wildman–Crippen MR) is 113 cm³/mol. The summed E-state index contributed by atoms with van der Waals surface area (Å²) in [5, 5.41) is 11.6. The van der Waals surface area contributed by atoms with Gasteiger partial charge in [-0.2, -0.15) is 10.2 Å². The molecule has 0 bridgehead atoms. The number of nitrogens with two attached hydrogens (primary N) is 2. The van der Waals surface area contributed by atoms with E-state index in [4.69, 9.17) is 16.2 Å². The van der Waals surface area contributed by atoms with Crippen LogP contribution in [0.3, 0.4) is 0 Å². The molecule has 29 heavy (non-hydrogen) atoms. The van der Waals surface area contributed by atoms with E-state index in [2.05, 4.69) is 15.5 Å². The van der Waals surface area contributed by atoms with Gasteiger partial charge in [0.05, 0.1) is 35.9 Å². The molecule has 0 fully saturated rings. The molecule has 3 aromatic rings. The van der Waals surface area contributed by atoms with Gasteiger partial charge in [-0.1, -0.05) is 12.1 Å². The summed E-state index contributed by atoms with van der Waals surface area (Å²) in [7, 11) is 1.55. The molecule has 150 valence electrons. The van der Waals surface area contributed by atoms with Crippen molar-refractivity contribution in [3.8, 4) is 16.9 Å². The van der Waals surface area contributed by atoms with Crippen LogP contribution in [0.15, 0.2) is 54.7 Å². The van der Waals surface area contributed by atoms with Gasteiger partial charge in [-0.15, -0.1) is 0 Å². The average Bonchev–Trinajstić information content (AvgIpc) is 2.73. The number of aromatic nitrogens is 2. The van der Waals surface area contributed by atoms with E-state index in [1.54, 1.807) is 19.2 Å². The van der Waals surface area contributed by atoms with Crippen LogP contribution in [0.2, 0.25) is 0 Å². The fourth-order valence-corrected chi connectivity index (χ4v) is 2.99. The van der Waals surface area contributed by atoms with Crippen LogP contribution >= 0.6 is 0 Å². The fraction of sp³-hybridized carbons (Fsp3) is 0.182. The van der Waals surface area contributed by atoms with Crippen molar-refractivity contribution in [3.63, 3.8) is 0 Å². The third-order valence-corrected chi connectivity index (χ3v) is 4.63. The molecular weight excluding hydrogens is 369 g/mol. The Balaban J connectivity index is 1.99. The van der Waals surface area contributed by atoms with Crippen molar-refractivity contribution in [2.75, 3.05) is 12.8 Å². The van der Waals surface area contributed by atoms with Crippen LogP contribution in [0.1, 0.15) is 29.9 Å². The highest BCUT2D eigenvalue weighted by Gasteiger charge is 2.16. The lowest BCUT2D eigenvalue weighted by Gasteiger charge is -2.20. The molecule has 0 radical (unpaired) electrons. The van der Waals surface area contributed by atoms with Gasteiger partial charge in [-0.3, -0.25) is 0 Å². The largest absolute Gasteiger partial charge is 0.495 e. The van der Waals surface area contributed by atoms with Crippen LogP contribution < -0.4 is 21.5 Å². The van der Waals surface area contributed by atoms with E-state index in [0.717, 1.165) is 22.5 Å². The van der Waals surface area contributed by atoms with Crippen LogP contribution in [-0.2, 0) is 0 Å². The first-order chi connectivity index (χ1) is 13.9. The van der Waals surface area contributed by atoms with Crippen LogP contribution in [0.4, 0.5) is 10.1 Å². The van der Waals surface area contributed by atoms with Gasteiger partial charge in [0.15, 0.2) is 0 Å². The molecular formula is C22H24FN5O. The van der Waals surface area contributed by atoms with Gasteiger partial charge in [0, 0.05) is 11.8 Å². The molecule has 7 heteroatoms. The Morgan fingerprint density at radius 1 is 1.10 bits per heavy atom. The lowest BCUT2D eigenvalue weighted by atomic mass is 9.99. The zero-order valence-electron chi connectivity index (χ0n) is 16.6. The minimum atomic E-state index is -0.298. The molecule has 0 aliphatic heterocycles. The second-order valence-corrected chi connectivity index (χ2v) is 6.69. The van der Waals surface area contributed by atoms with Gasteiger partial charge in [0.2, 0.25) is 0 Å². The zero-order chi connectivity index (χ0) is 21.0. The highest BCUT2D eigenvalue weighted by atomic mass is 19.1. The Labute approximate surface area is 169 Å². The first-order valence-electron chi connectivity index (χ1n) is 9.15. The van der Waals surface area contributed by atoms with Gasteiger partial charge in [0.1, 0.15) is 11.6 Å². The molecule has 0 saturated carbocycles. The van der Waals surface area contributed by atoms with E-state index in [-0.39, 0.29) is 11.9 Å². The number of rotatable bonds is 6. The van der Waals surface area contributed by atoms with Crippen molar-refractivity contribution in [2.45, 2.75) is 19.9 Å². The molecule has 2 aromatic carbocycles. The molecule has 1 atom stereocenters. The van der Waals surface area contributed by atoms with E-state index in [0.29, 0.717) is 22.7 Å². The van der Waals surface area contributed by atoms with Crippen molar-refractivity contribution in [1.29, 1.82) is 0 Å². The number of aryl methyl sites for hydroxylation is 1. The van der Waals surface area contributed by atoms with Crippen molar-refractivity contribution in [3.05, 3.63) is 77.5 Å². The number of halogens is 1. The second-order valence-electron chi connectivity index (χ2n) is 6.69. The maximum atomic E-state index is 13.3. The third kappa shape index (κ3) is 4.45. The van der Waals surface area contributed by atoms with E-state index in [1.165, 1.54) is 18.3 Å². The summed E-state index contributed by atoms with van der Waals surface area (Å²) in [6.45, 7) is 3.84. The monoisotopic (exact) mass is 393 g/mol. The Bertz CT molecular complexity index is 1020. The smallest absolute Gasteiger partial charge is 0.143 e. The summed E-state index contributed by atoms with van der Waals surface area (Å²) < 4.78 is 18.8. The zero-order valence-corrected chi connectivity index (χ0v) is 16.6. The summed E-state index contributed by atoms with van der Waals surface area (Å²) in [4.78, 5) is 0. The van der Waals surface area contributed by atoms with Crippen molar-refractivity contribution < 1.29 is 9.13 Å². The normalized spacial score (nSPS) is 12.5. The molecule has 5 N–H and O–H groups in total. The summed E-state index contributed by atoms with van der Waals surface area (Å²) in [6.07, 6.45) is 1.46. The predicted octanol–water partition coefficient (Wildman–Crippen LogP) is 3.79. The van der Waals surface area contributed by atoms with Gasteiger partial charge < -0.3 is 21.5 Å². The van der Waals surface area contributed by atoms with Crippen LogP contribution in [0.5, 0.6) is 5.75 Å². The summed E-state index contributed by atoms with van der Waals surface area (Å²) >= 11 is 0. The number of nitrogens with one attached hydrogen (secondary N) is 1. The minimum Gasteiger partial charge on any atom is -0.495 e. The van der Waals surface area contributed by atoms with E-state index in [1.807, 2.05) is 38.1 Å². The molecule has 1 heterocycles. The number of nitrogens with zero attached hydrogens (tertiary/aromatic N) is 2. The number of anilines is 1. The van der Waals surface area contributed by atoms with Gasteiger partial charge in [-0.25, -0.2) is 4.39 Å². The summed E-state index contributed by atoms with van der Waals surface area (Å²) in [6, 6.07) is 13.6. The molecule has 0 saturated heterocycles. The summed E-state index contributed by atoms with van der Waals surface area (Å²) in [5.74, 6) is 0.208. The number of benzene rings is 2. The standard InChI is InChI=1S/C22H24FN5O/c1-13-4-9-19(28-27-13)14(2)26-20(12-24)18-10-16(11-21(29-3)22(18)25)15-5-7-17(23)8-6-15/h4-12,14,26H,24-25H2,1-3H3/b20-12+/t14-/m1/s1. The maximum Gasteiger partial charge on any atom is 0.143 e. The topological polar surface area (TPSA) is 99.1 Å². The minimum absolute atomic E-state index is 0.155. The van der Waals surface area contributed by atoms with Crippen LogP contribution in [-0.4, -0.2) is 17.3 Å². The SMILES string of the molecule is COc1cc(-c2ccc(F)cc2)cc(/C(=C\N)N[C@H](C)c2ccc(C)nn2)c1N. The quantitative estimate of drug-likeness (QED) is 0.551. The van der Waals surface area contributed by atoms with Crippen LogP contribution in [0, 0.1) is 12.7 Å². The van der Waals surface area contributed by atoms with E-state index >= 15 is 0 Å². The van der Waals surface area contributed by atoms with Gasteiger partial charge in [0.25, 0.3) is 0 Å².